The highest BCUT2D eigenvalue weighted by Crippen LogP contribution is 2.30. The number of rotatable bonds is 8. The Morgan fingerprint density at radius 1 is 1.25 bits per heavy atom. The molecule has 1 aromatic carbocycles. The maximum absolute atomic E-state index is 12.3. The van der Waals surface area contributed by atoms with Gasteiger partial charge in [-0.15, -0.1) is 11.3 Å². The van der Waals surface area contributed by atoms with E-state index in [4.69, 9.17) is 18.4 Å². The number of hydrogen-bond acceptors (Lipinski definition) is 8. The number of methoxy groups -OCH3 is 1. The second-order valence-corrected chi connectivity index (χ2v) is 7.70. The number of aryl methyl sites for hydroxylation is 2. The van der Waals surface area contributed by atoms with Crippen LogP contribution in [0.25, 0.3) is 17.5 Å². The fraction of sp³-hybridized carbons (Fsp3) is 0.174. The Labute approximate surface area is 188 Å². The van der Waals surface area contributed by atoms with Crippen LogP contribution in [0.3, 0.4) is 0 Å². The molecule has 8 nitrogen and oxygen atoms in total. The van der Waals surface area contributed by atoms with E-state index in [1.807, 2.05) is 31.4 Å². The van der Waals surface area contributed by atoms with E-state index >= 15 is 0 Å². The first kappa shape index (κ1) is 21.4. The lowest BCUT2D eigenvalue weighted by Gasteiger charge is -2.11. The van der Waals surface area contributed by atoms with Crippen molar-refractivity contribution in [3.8, 4) is 23.0 Å². The molecule has 0 bridgehead atoms. The molecule has 3 heterocycles. The maximum Gasteiger partial charge on any atom is 0.250 e. The van der Waals surface area contributed by atoms with Crippen molar-refractivity contribution >= 4 is 28.5 Å². The molecule has 0 radical (unpaired) electrons. The van der Waals surface area contributed by atoms with E-state index in [1.165, 1.54) is 17.4 Å². The maximum atomic E-state index is 12.3. The largest absolute Gasteiger partial charge is 0.493 e. The number of carbonyl (C=O) groups is 1. The highest BCUT2D eigenvalue weighted by Gasteiger charge is 2.12. The van der Waals surface area contributed by atoms with E-state index in [2.05, 4.69) is 15.5 Å². The standard InChI is InChI=1S/C23H21N3O5S/c1-14-17(15(2)31-26-14)12-30-20-8-6-16(11-21(20)28-3)7-9-22(27)25-23-24-18(13-32-23)19-5-4-10-29-19/h4-11,13H,12H2,1-3H3,(H,24,25,27)/b9-7+. The van der Waals surface area contributed by atoms with E-state index < -0.39 is 0 Å². The van der Waals surface area contributed by atoms with Gasteiger partial charge in [-0.1, -0.05) is 11.2 Å². The zero-order valence-corrected chi connectivity index (χ0v) is 18.6. The minimum Gasteiger partial charge on any atom is -0.493 e. The number of nitrogens with zero attached hydrogens (tertiary/aromatic N) is 2. The minimum atomic E-state index is -0.289. The van der Waals surface area contributed by atoms with Crippen LogP contribution in [0.15, 0.2) is 57.0 Å². The second kappa shape index (κ2) is 9.52. The van der Waals surface area contributed by atoms with Gasteiger partial charge in [-0.3, -0.25) is 10.1 Å². The number of aromatic nitrogens is 2. The summed E-state index contributed by atoms with van der Waals surface area (Å²) < 4.78 is 21.8. The van der Waals surface area contributed by atoms with Gasteiger partial charge < -0.3 is 18.4 Å². The SMILES string of the molecule is COc1cc(/C=C/C(=O)Nc2nc(-c3ccco3)cs2)ccc1OCc1c(C)noc1C. The summed E-state index contributed by atoms with van der Waals surface area (Å²) in [5, 5.41) is 8.99. The number of carbonyl (C=O) groups excluding carboxylic acids is 1. The molecule has 4 aromatic rings. The molecule has 164 valence electrons. The zero-order chi connectivity index (χ0) is 22.5. The number of ether oxygens (including phenoxy) is 2. The van der Waals surface area contributed by atoms with Crippen molar-refractivity contribution in [2.45, 2.75) is 20.5 Å². The number of anilines is 1. The van der Waals surface area contributed by atoms with E-state index in [-0.39, 0.29) is 5.91 Å². The Morgan fingerprint density at radius 3 is 2.84 bits per heavy atom. The van der Waals surface area contributed by atoms with Gasteiger partial charge in [0.25, 0.3) is 0 Å². The number of hydrogen-bond donors (Lipinski definition) is 1. The predicted octanol–water partition coefficient (Wildman–Crippen LogP) is 5.25. The predicted molar refractivity (Wildman–Crippen MR) is 121 cm³/mol. The van der Waals surface area contributed by atoms with Gasteiger partial charge in [-0.05, 0) is 49.8 Å². The fourth-order valence-electron chi connectivity index (χ4n) is 2.95. The Morgan fingerprint density at radius 2 is 2.12 bits per heavy atom. The number of thiazole rings is 1. The first-order valence-corrected chi connectivity index (χ1v) is 10.6. The van der Waals surface area contributed by atoms with E-state index in [9.17, 15) is 4.79 Å². The molecule has 0 saturated carbocycles. The van der Waals surface area contributed by atoms with Gasteiger partial charge in [0.1, 0.15) is 18.1 Å². The summed E-state index contributed by atoms with van der Waals surface area (Å²) in [5.74, 6) is 2.23. The molecule has 1 N–H and O–H groups in total. The van der Waals surface area contributed by atoms with Crippen LogP contribution >= 0.6 is 11.3 Å². The molecule has 0 atom stereocenters. The van der Waals surface area contributed by atoms with Crippen LogP contribution < -0.4 is 14.8 Å². The Bertz CT molecular complexity index is 1220. The van der Waals surface area contributed by atoms with Crippen LogP contribution in [-0.2, 0) is 11.4 Å². The van der Waals surface area contributed by atoms with Crippen molar-refractivity contribution in [3.05, 3.63) is 70.6 Å². The molecule has 0 spiro atoms. The molecule has 0 aliphatic carbocycles. The van der Waals surface area contributed by atoms with Crippen molar-refractivity contribution in [2.75, 3.05) is 12.4 Å². The number of amides is 1. The topological polar surface area (TPSA) is 99.6 Å². The van der Waals surface area contributed by atoms with Gasteiger partial charge in [0, 0.05) is 11.5 Å². The molecule has 1 amide bonds. The lowest BCUT2D eigenvalue weighted by molar-refractivity contribution is -0.111. The first-order chi connectivity index (χ1) is 15.5. The van der Waals surface area contributed by atoms with Gasteiger partial charge in [0.2, 0.25) is 5.91 Å². The summed E-state index contributed by atoms with van der Waals surface area (Å²) in [6.45, 7) is 4.04. The summed E-state index contributed by atoms with van der Waals surface area (Å²) in [5.41, 5.74) is 3.17. The van der Waals surface area contributed by atoms with Crippen LogP contribution in [-0.4, -0.2) is 23.2 Å². The lowest BCUT2D eigenvalue weighted by Crippen LogP contribution is -2.07. The summed E-state index contributed by atoms with van der Waals surface area (Å²) in [6, 6.07) is 9.04. The molecule has 4 rings (SSSR count). The van der Waals surface area contributed by atoms with Crippen LogP contribution in [0, 0.1) is 13.8 Å². The van der Waals surface area contributed by atoms with Crippen LogP contribution in [0.2, 0.25) is 0 Å². The number of furan rings is 1. The molecule has 3 aromatic heterocycles. The monoisotopic (exact) mass is 451 g/mol. The zero-order valence-electron chi connectivity index (χ0n) is 17.7. The number of nitrogens with one attached hydrogen (secondary N) is 1. The Balaban J connectivity index is 1.38. The normalized spacial score (nSPS) is 11.1. The molecule has 0 fully saturated rings. The fourth-order valence-corrected chi connectivity index (χ4v) is 3.66. The first-order valence-electron chi connectivity index (χ1n) is 9.74. The van der Waals surface area contributed by atoms with Crippen LogP contribution in [0.4, 0.5) is 5.13 Å². The van der Waals surface area contributed by atoms with Crippen molar-refractivity contribution < 1.29 is 23.2 Å². The van der Waals surface area contributed by atoms with E-state index in [0.29, 0.717) is 34.7 Å². The van der Waals surface area contributed by atoms with Gasteiger partial charge in [-0.2, -0.15) is 0 Å². The van der Waals surface area contributed by atoms with Crippen LogP contribution in [0.1, 0.15) is 22.6 Å². The van der Waals surface area contributed by atoms with E-state index in [1.54, 1.807) is 37.6 Å². The van der Waals surface area contributed by atoms with Crippen molar-refractivity contribution in [2.24, 2.45) is 0 Å². The summed E-state index contributed by atoms with van der Waals surface area (Å²) in [4.78, 5) is 16.6. The van der Waals surface area contributed by atoms with E-state index in [0.717, 1.165) is 22.6 Å². The molecular formula is C23H21N3O5S. The van der Waals surface area contributed by atoms with Gasteiger partial charge in [0.05, 0.1) is 24.6 Å². The Hall–Kier alpha value is -3.85. The highest BCUT2D eigenvalue weighted by atomic mass is 32.1. The van der Waals surface area contributed by atoms with Crippen LogP contribution in [0.5, 0.6) is 11.5 Å². The summed E-state index contributed by atoms with van der Waals surface area (Å²) in [7, 11) is 1.57. The van der Waals surface area contributed by atoms with Crippen molar-refractivity contribution in [3.63, 3.8) is 0 Å². The summed E-state index contributed by atoms with van der Waals surface area (Å²) >= 11 is 1.33. The molecule has 0 saturated heterocycles. The van der Waals surface area contributed by atoms with Gasteiger partial charge in [0.15, 0.2) is 22.4 Å². The molecule has 0 unspecified atom stereocenters. The summed E-state index contributed by atoms with van der Waals surface area (Å²) in [6.07, 6.45) is 4.71. The average Bonchev–Trinajstić information content (AvgIpc) is 3.54. The molecule has 32 heavy (non-hydrogen) atoms. The molecule has 0 aliphatic rings. The third-order valence-electron chi connectivity index (χ3n) is 4.68. The van der Waals surface area contributed by atoms with Gasteiger partial charge in [-0.25, -0.2) is 4.98 Å². The van der Waals surface area contributed by atoms with Crippen molar-refractivity contribution in [1.82, 2.24) is 10.1 Å². The third kappa shape index (κ3) is 4.89. The molecule has 9 heteroatoms. The molecular weight excluding hydrogens is 430 g/mol. The molecule has 0 aliphatic heterocycles. The quantitative estimate of drug-likeness (QED) is 0.365. The third-order valence-corrected chi connectivity index (χ3v) is 5.43. The number of benzene rings is 1. The lowest BCUT2D eigenvalue weighted by atomic mass is 10.2. The average molecular weight is 452 g/mol. The highest BCUT2D eigenvalue weighted by molar-refractivity contribution is 7.14. The van der Waals surface area contributed by atoms with Gasteiger partial charge >= 0.3 is 0 Å². The second-order valence-electron chi connectivity index (χ2n) is 6.84. The van der Waals surface area contributed by atoms with Crippen molar-refractivity contribution in [1.29, 1.82) is 0 Å². The smallest absolute Gasteiger partial charge is 0.250 e. The minimum absolute atomic E-state index is 0.289. The Kier molecular flexibility index (Phi) is 6.37.